The number of nitrogens with one attached hydrogen (secondary N) is 2. The fraction of sp³-hybridized carbons (Fsp3) is 0.444. The van der Waals surface area contributed by atoms with Gasteiger partial charge in [0.1, 0.15) is 11.5 Å². The number of amides is 1. The van der Waals surface area contributed by atoms with Crippen LogP contribution in [0.15, 0.2) is 36.7 Å². The molecule has 1 saturated carbocycles. The number of rotatable bonds is 3. The predicted molar refractivity (Wildman–Crippen MR) is 96.7 cm³/mol. The third kappa shape index (κ3) is 3.70. The molecule has 0 spiro atoms. The molecular formula is C18H22ClFN4O. The molecule has 3 unspecified atom stereocenters. The zero-order valence-electron chi connectivity index (χ0n) is 13.8. The summed E-state index contributed by atoms with van der Waals surface area (Å²) < 4.78 is 15.2. The molecule has 0 radical (unpaired) electrons. The number of carbonyl (C=O) groups excluding carboxylic acids is 1. The van der Waals surface area contributed by atoms with Gasteiger partial charge in [-0.1, -0.05) is 25.0 Å². The largest absolute Gasteiger partial charge is 0.322 e. The Labute approximate surface area is 152 Å². The first-order valence-corrected chi connectivity index (χ1v) is 8.57. The van der Waals surface area contributed by atoms with E-state index in [1.807, 2.05) is 0 Å². The van der Waals surface area contributed by atoms with Gasteiger partial charge in [0.2, 0.25) is 5.91 Å². The van der Waals surface area contributed by atoms with Crippen molar-refractivity contribution in [1.29, 1.82) is 0 Å². The van der Waals surface area contributed by atoms with E-state index in [0.29, 0.717) is 23.3 Å². The maximum Gasteiger partial charge on any atom is 0.241 e. The van der Waals surface area contributed by atoms with Crippen molar-refractivity contribution in [2.75, 3.05) is 5.32 Å². The van der Waals surface area contributed by atoms with Crippen molar-refractivity contribution in [3.05, 3.63) is 42.5 Å². The molecule has 5 nitrogen and oxygen atoms in total. The molecule has 134 valence electrons. The fourth-order valence-electron chi connectivity index (χ4n) is 3.91. The summed E-state index contributed by atoms with van der Waals surface area (Å²) in [5, 5.41) is 10.5. The number of carbonyl (C=O) groups is 1. The lowest BCUT2D eigenvalue weighted by atomic mass is 9.85. The average Bonchev–Trinajstić information content (AvgIpc) is 3.22. The minimum Gasteiger partial charge on any atom is -0.322 e. The molecule has 2 fully saturated rings. The molecular weight excluding hydrogens is 343 g/mol. The van der Waals surface area contributed by atoms with E-state index in [1.54, 1.807) is 30.6 Å². The van der Waals surface area contributed by atoms with Gasteiger partial charge >= 0.3 is 0 Å². The first kappa shape index (κ1) is 17.9. The van der Waals surface area contributed by atoms with Crippen LogP contribution in [0.5, 0.6) is 0 Å². The lowest BCUT2D eigenvalue weighted by Crippen LogP contribution is -2.39. The standard InChI is InChI=1S/C18H21FN4O.ClH/c19-14-6-2-4-8-17(14)23-11-13(10-20-23)21-18(24)16-9-12-5-1-3-7-15(12)22-16;/h2,4,6,8,10-12,15-16,22H,1,3,5,7,9H2,(H,21,24);1H. The summed E-state index contributed by atoms with van der Waals surface area (Å²) in [6, 6.07) is 6.76. The molecule has 7 heteroatoms. The van der Waals surface area contributed by atoms with E-state index in [2.05, 4.69) is 15.7 Å². The third-order valence-electron chi connectivity index (χ3n) is 5.13. The molecule has 4 rings (SSSR count). The van der Waals surface area contributed by atoms with Crippen LogP contribution in [-0.4, -0.2) is 27.8 Å². The topological polar surface area (TPSA) is 59.0 Å². The summed E-state index contributed by atoms with van der Waals surface area (Å²) in [6.07, 6.45) is 8.99. The Kier molecular flexibility index (Phi) is 5.39. The number of nitrogens with zero attached hydrogens (tertiary/aromatic N) is 2. The van der Waals surface area contributed by atoms with Gasteiger partial charge < -0.3 is 10.6 Å². The number of aromatic nitrogens is 2. The highest BCUT2D eigenvalue weighted by atomic mass is 35.5. The van der Waals surface area contributed by atoms with Crippen molar-refractivity contribution in [3.63, 3.8) is 0 Å². The van der Waals surface area contributed by atoms with Crippen molar-refractivity contribution in [1.82, 2.24) is 15.1 Å². The van der Waals surface area contributed by atoms with E-state index in [-0.39, 0.29) is 30.2 Å². The minimum absolute atomic E-state index is 0. The second kappa shape index (κ2) is 7.54. The van der Waals surface area contributed by atoms with Crippen LogP contribution in [0, 0.1) is 11.7 Å². The summed E-state index contributed by atoms with van der Waals surface area (Å²) in [4.78, 5) is 12.5. The van der Waals surface area contributed by atoms with Crippen LogP contribution < -0.4 is 10.6 Å². The Hall–Kier alpha value is -1.92. The van der Waals surface area contributed by atoms with Gasteiger partial charge in [-0.2, -0.15) is 5.10 Å². The normalized spacial score (nSPS) is 25.1. The Balaban J connectivity index is 0.00000182. The maximum atomic E-state index is 13.8. The molecule has 2 N–H and O–H groups in total. The number of halogens is 2. The Bertz CT molecular complexity index is 736. The molecule has 2 heterocycles. The summed E-state index contributed by atoms with van der Waals surface area (Å²) >= 11 is 0. The van der Waals surface area contributed by atoms with E-state index in [9.17, 15) is 9.18 Å². The lowest BCUT2D eigenvalue weighted by molar-refractivity contribution is -0.117. The monoisotopic (exact) mass is 364 g/mol. The Morgan fingerprint density at radius 1 is 1.28 bits per heavy atom. The fourth-order valence-corrected chi connectivity index (χ4v) is 3.91. The summed E-state index contributed by atoms with van der Waals surface area (Å²) in [5.74, 6) is 0.244. The smallest absolute Gasteiger partial charge is 0.241 e. The van der Waals surface area contributed by atoms with Gasteiger partial charge in [0.15, 0.2) is 0 Å². The Morgan fingerprint density at radius 3 is 2.88 bits per heavy atom. The van der Waals surface area contributed by atoms with Crippen molar-refractivity contribution in [3.8, 4) is 5.69 Å². The number of para-hydroxylation sites is 1. The minimum atomic E-state index is -0.347. The lowest BCUT2D eigenvalue weighted by Gasteiger charge is -2.24. The van der Waals surface area contributed by atoms with Crippen LogP contribution in [-0.2, 0) is 4.79 Å². The molecule has 2 aromatic rings. The van der Waals surface area contributed by atoms with Crippen LogP contribution in [0.4, 0.5) is 10.1 Å². The van der Waals surface area contributed by atoms with Crippen LogP contribution >= 0.6 is 12.4 Å². The number of hydrogen-bond acceptors (Lipinski definition) is 3. The molecule has 0 bridgehead atoms. The number of fused-ring (bicyclic) bond motifs is 1. The first-order chi connectivity index (χ1) is 11.7. The SMILES string of the molecule is Cl.O=C(Nc1cnn(-c2ccccc2F)c1)C1CC2CCCCC2N1. The maximum absolute atomic E-state index is 13.8. The average molecular weight is 365 g/mol. The number of benzene rings is 1. The molecule has 25 heavy (non-hydrogen) atoms. The van der Waals surface area contributed by atoms with Crippen molar-refractivity contribution >= 4 is 24.0 Å². The van der Waals surface area contributed by atoms with Crippen LogP contribution in [0.1, 0.15) is 32.1 Å². The van der Waals surface area contributed by atoms with Gasteiger partial charge in [-0.3, -0.25) is 4.79 Å². The highest BCUT2D eigenvalue weighted by Gasteiger charge is 2.38. The molecule has 1 aromatic heterocycles. The van der Waals surface area contributed by atoms with E-state index < -0.39 is 0 Å². The quantitative estimate of drug-likeness (QED) is 0.878. The summed E-state index contributed by atoms with van der Waals surface area (Å²) in [6.45, 7) is 0. The van der Waals surface area contributed by atoms with Crippen LogP contribution in [0.2, 0.25) is 0 Å². The van der Waals surface area contributed by atoms with Gasteiger partial charge in [-0.05, 0) is 37.3 Å². The Morgan fingerprint density at radius 2 is 2.08 bits per heavy atom. The second-order valence-corrected chi connectivity index (χ2v) is 6.72. The third-order valence-corrected chi connectivity index (χ3v) is 5.13. The molecule has 2 aliphatic rings. The van der Waals surface area contributed by atoms with Gasteiger partial charge in [0.05, 0.1) is 24.1 Å². The second-order valence-electron chi connectivity index (χ2n) is 6.72. The van der Waals surface area contributed by atoms with Crippen molar-refractivity contribution < 1.29 is 9.18 Å². The van der Waals surface area contributed by atoms with Gasteiger partial charge in [0.25, 0.3) is 0 Å². The molecule has 1 aliphatic heterocycles. The summed E-state index contributed by atoms with van der Waals surface area (Å²) in [5.41, 5.74) is 0.947. The van der Waals surface area contributed by atoms with Crippen molar-refractivity contribution in [2.24, 2.45) is 5.92 Å². The van der Waals surface area contributed by atoms with Gasteiger partial charge in [-0.15, -0.1) is 12.4 Å². The number of hydrogen-bond donors (Lipinski definition) is 2. The predicted octanol–water partition coefficient (Wildman–Crippen LogP) is 3.29. The molecule has 1 amide bonds. The first-order valence-electron chi connectivity index (χ1n) is 8.57. The zero-order chi connectivity index (χ0) is 16.5. The van der Waals surface area contributed by atoms with Gasteiger partial charge in [0, 0.05) is 6.04 Å². The molecule has 1 aliphatic carbocycles. The molecule has 1 aromatic carbocycles. The van der Waals surface area contributed by atoms with Crippen LogP contribution in [0.25, 0.3) is 5.69 Å². The van der Waals surface area contributed by atoms with Gasteiger partial charge in [-0.25, -0.2) is 9.07 Å². The number of anilines is 1. The highest BCUT2D eigenvalue weighted by molar-refractivity contribution is 5.94. The molecule has 1 saturated heterocycles. The zero-order valence-corrected chi connectivity index (χ0v) is 14.6. The van der Waals surface area contributed by atoms with E-state index >= 15 is 0 Å². The van der Waals surface area contributed by atoms with E-state index in [0.717, 1.165) is 6.42 Å². The van der Waals surface area contributed by atoms with Crippen LogP contribution in [0.3, 0.4) is 0 Å². The van der Waals surface area contributed by atoms with E-state index in [1.165, 1.54) is 36.4 Å². The van der Waals surface area contributed by atoms with Crippen molar-refractivity contribution in [2.45, 2.75) is 44.2 Å². The van der Waals surface area contributed by atoms with E-state index in [4.69, 9.17) is 0 Å². The highest BCUT2D eigenvalue weighted by Crippen LogP contribution is 2.33. The molecule has 3 atom stereocenters. The summed E-state index contributed by atoms with van der Waals surface area (Å²) in [7, 11) is 0.